The minimum Gasteiger partial charge on any atom is -0.314 e. The first-order valence-corrected chi connectivity index (χ1v) is 6.36. The van der Waals surface area contributed by atoms with E-state index in [1.54, 1.807) is 0 Å². The largest absolute Gasteiger partial charge is 0.314 e. The Morgan fingerprint density at radius 1 is 0.667 bits per heavy atom. The quantitative estimate of drug-likeness (QED) is 0.785. The Labute approximate surface area is 108 Å². The first-order valence-electron chi connectivity index (χ1n) is 6.36. The molecule has 0 aliphatic rings. The van der Waals surface area contributed by atoms with E-state index < -0.39 is 0 Å². The molecule has 1 N–H and O–H groups in total. The Kier molecular flexibility index (Phi) is 4.94. The number of hydrogen-bond donors (Lipinski definition) is 1. The fourth-order valence-corrected chi connectivity index (χ4v) is 1.92. The third-order valence-electron chi connectivity index (χ3n) is 3.00. The molecule has 94 valence electrons. The summed E-state index contributed by atoms with van der Waals surface area (Å²) in [5.41, 5.74) is 2.52. The van der Waals surface area contributed by atoms with Crippen LogP contribution in [0.15, 0.2) is 60.7 Å². The molecule has 0 aliphatic heterocycles. The molecule has 2 aromatic carbocycles. The lowest BCUT2D eigenvalue weighted by Gasteiger charge is -2.14. The van der Waals surface area contributed by atoms with Gasteiger partial charge in [0.25, 0.3) is 0 Å². The maximum Gasteiger partial charge on any atom is 0.0278 e. The maximum absolute atomic E-state index is 9.81. The summed E-state index contributed by atoms with van der Waals surface area (Å²) in [4.78, 5) is 0. The lowest BCUT2D eigenvalue weighted by atomic mass is 10.1. The van der Waals surface area contributed by atoms with Gasteiger partial charge in [-0.2, -0.15) is 5.06 Å². The van der Waals surface area contributed by atoms with Gasteiger partial charge in [0.1, 0.15) is 0 Å². The molecule has 0 aromatic heterocycles. The second-order valence-electron chi connectivity index (χ2n) is 4.42. The number of hydroxylamine groups is 2. The van der Waals surface area contributed by atoms with Crippen LogP contribution in [0.2, 0.25) is 0 Å². The SMILES string of the molecule is ON(CCc1ccccc1)CCc1ccccc1. The van der Waals surface area contributed by atoms with Crippen molar-refractivity contribution in [3.63, 3.8) is 0 Å². The summed E-state index contributed by atoms with van der Waals surface area (Å²) in [5, 5.41) is 11.2. The van der Waals surface area contributed by atoms with Gasteiger partial charge >= 0.3 is 0 Å². The zero-order valence-corrected chi connectivity index (χ0v) is 10.5. The van der Waals surface area contributed by atoms with Gasteiger partial charge in [-0.3, -0.25) is 0 Å². The molecule has 0 heterocycles. The number of rotatable bonds is 6. The normalized spacial score (nSPS) is 10.8. The average molecular weight is 241 g/mol. The van der Waals surface area contributed by atoms with Crippen LogP contribution in [-0.4, -0.2) is 23.4 Å². The second-order valence-corrected chi connectivity index (χ2v) is 4.42. The van der Waals surface area contributed by atoms with Gasteiger partial charge in [-0.25, -0.2) is 0 Å². The van der Waals surface area contributed by atoms with Crippen molar-refractivity contribution in [2.75, 3.05) is 13.1 Å². The van der Waals surface area contributed by atoms with Crippen molar-refractivity contribution in [2.45, 2.75) is 12.8 Å². The third-order valence-corrected chi connectivity index (χ3v) is 3.00. The van der Waals surface area contributed by atoms with E-state index in [2.05, 4.69) is 24.3 Å². The fraction of sp³-hybridized carbons (Fsp3) is 0.250. The molecule has 0 saturated carbocycles. The monoisotopic (exact) mass is 241 g/mol. The first-order chi connectivity index (χ1) is 8.84. The summed E-state index contributed by atoms with van der Waals surface area (Å²) >= 11 is 0. The Morgan fingerprint density at radius 2 is 1.06 bits per heavy atom. The predicted octanol–water partition coefficient (Wildman–Crippen LogP) is 3.16. The third kappa shape index (κ3) is 4.32. The van der Waals surface area contributed by atoms with Crippen molar-refractivity contribution < 1.29 is 5.21 Å². The maximum atomic E-state index is 9.81. The molecule has 0 fully saturated rings. The Bertz CT molecular complexity index is 398. The van der Waals surface area contributed by atoms with Crippen LogP contribution < -0.4 is 0 Å². The van der Waals surface area contributed by atoms with E-state index in [-0.39, 0.29) is 0 Å². The molecule has 0 bridgehead atoms. The van der Waals surface area contributed by atoms with Crippen LogP contribution in [-0.2, 0) is 12.8 Å². The molecule has 0 aliphatic carbocycles. The lowest BCUT2D eigenvalue weighted by Crippen LogP contribution is -2.24. The Hall–Kier alpha value is -1.64. The van der Waals surface area contributed by atoms with E-state index >= 15 is 0 Å². The van der Waals surface area contributed by atoms with Crippen LogP contribution in [0.1, 0.15) is 11.1 Å². The highest BCUT2D eigenvalue weighted by atomic mass is 16.5. The van der Waals surface area contributed by atoms with Gasteiger partial charge in [-0.1, -0.05) is 60.7 Å². The van der Waals surface area contributed by atoms with Gasteiger partial charge in [-0.05, 0) is 24.0 Å². The van der Waals surface area contributed by atoms with E-state index in [4.69, 9.17) is 0 Å². The van der Waals surface area contributed by atoms with Crippen molar-refractivity contribution >= 4 is 0 Å². The average Bonchev–Trinajstić information content (AvgIpc) is 2.45. The van der Waals surface area contributed by atoms with Crippen molar-refractivity contribution in [2.24, 2.45) is 0 Å². The van der Waals surface area contributed by atoms with Gasteiger partial charge in [0, 0.05) is 13.1 Å². The van der Waals surface area contributed by atoms with E-state index in [0.29, 0.717) is 13.1 Å². The molecule has 2 rings (SSSR count). The highest BCUT2D eigenvalue weighted by molar-refractivity contribution is 5.15. The highest BCUT2D eigenvalue weighted by Gasteiger charge is 2.01. The zero-order chi connectivity index (χ0) is 12.6. The number of hydrogen-bond acceptors (Lipinski definition) is 2. The smallest absolute Gasteiger partial charge is 0.0278 e. The topological polar surface area (TPSA) is 23.5 Å². The van der Waals surface area contributed by atoms with Crippen LogP contribution in [0.5, 0.6) is 0 Å². The molecule has 0 radical (unpaired) electrons. The van der Waals surface area contributed by atoms with Crippen LogP contribution in [0.4, 0.5) is 0 Å². The molecular weight excluding hydrogens is 222 g/mol. The Morgan fingerprint density at radius 3 is 1.44 bits per heavy atom. The fourth-order valence-electron chi connectivity index (χ4n) is 1.92. The molecule has 2 nitrogen and oxygen atoms in total. The summed E-state index contributed by atoms with van der Waals surface area (Å²) in [6.45, 7) is 1.35. The first kappa shape index (κ1) is 12.8. The molecule has 0 saturated heterocycles. The van der Waals surface area contributed by atoms with Crippen molar-refractivity contribution in [3.8, 4) is 0 Å². The second kappa shape index (κ2) is 6.94. The van der Waals surface area contributed by atoms with Crippen LogP contribution in [0.25, 0.3) is 0 Å². The van der Waals surface area contributed by atoms with Gasteiger partial charge in [0.15, 0.2) is 0 Å². The molecule has 0 unspecified atom stereocenters. The number of benzene rings is 2. The standard InChI is InChI=1S/C16H19NO/c18-17(13-11-15-7-3-1-4-8-15)14-12-16-9-5-2-6-10-16/h1-10,18H,11-14H2. The van der Waals surface area contributed by atoms with E-state index in [1.165, 1.54) is 16.2 Å². The van der Waals surface area contributed by atoms with E-state index in [1.807, 2.05) is 36.4 Å². The summed E-state index contributed by atoms with van der Waals surface area (Å²) in [7, 11) is 0. The summed E-state index contributed by atoms with van der Waals surface area (Å²) in [6.07, 6.45) is 1.76. The minimum absolute atomic E-state index is 0.677. The van der Waals surface area contributed by atoms with Crippen molar-refractivity contribution in [1.82, 2.24) is 5.06 Å². The van der Waals surface area contributed by atoms with Crippen LogP contribution in [0, 0.1) is 0 Å². The van der Waals surface area contributed by atoms with Gasteiger partial charge in [0.05, 0.1) is 0 Å². The van der Waals surface area contributed by atoms with Gasteiger partial charge < -0.3 is 5.21 Å². The Balaban J connectivity index is 1.71. The highest BCUT2D eigenvalue weighted by Crippen LogP contribution is 2.03. The predicted molar refractivity (Wildman–Crippen MR) is 73.7 cm³/mol. The summed E-state index contributed by atoms with van der Waals surface area (Å²) < 4.78 is 0. The summed E-state index contributed by atoms with van der Waals surface area (Å²) in [5.74, 6) is 0. The van der Waals surface area contributed by atoms with Crippen molar-refractivity contribution in [1.29, 1.82) is 0 Å². The zero-order valence-electron chi connectivity index (χ0n) is 10.5. The lowest BCUT2D eigenvalue weighted by molar-refractivity contribution is -0.0886. The van der Waals surface area contributed by atoms with Gasteiger partial charge in [0.2, 0.25) is 0 Å². The molecular formula is C16H19NO. The molecule has 2 aromatic rings. The molecule has 0 atom stereocenters. The molecule has 0 spiro atoms. The van der Waals surface area contributed by atoms with E-state index in [0.717, 1.165) is 12.8 Å². The van der Waals surface area contributed by atoms with E-state index in [9.17, 15) is 5.21 Å². The molecule has 18 heavy (non-hydrogen) atoms. The van der Waals surface area contributed by atoms with Gasteiger partial charge in [-0.15, -0.1) is 0 Å². The van der Waals surface area contributed by atoms with Crippen LogP contribution >= 0.6 is 0 Å². The number of nitrogens with zero attached hydrogens (tertiary/aromatic N) is 1. The molecule has 0 amide bonds. The van der Waals surface area contributed by atoms with Crippen LogP contribution in [0.3, 0.4) is 0 Å². The minimum atomic E-state index is 0.677. The molecule has 2 heteroatoms. The summed E-state index contributed by atoms with van der Waals surface area (Å²) in [6, 6.07) is 20.5. The van der Waals surface area contributed by atoms with Crippen molar-refractivity contribution in [3.05, 3.63) is 71.8 Å².